The van der Waals surface area contributed by atoms with E-state index in [-0.39, 0.29) is 11.1 Å². The van der Waals surface area contributed by atoms with Crippen LogP contribution in [-0.4, -0.2) is 23.0 Å². The number of nitrogens with one attached hydrogen (secondary N) is 1. The van der Waals surface area contributed by atoms with Gasteiger partial charge < -0.3 is 10.1 Å². The van der Waals surface area contributed by atoms with Crippen LogP contribution in [-0.2, 0) is 0 Å². The summed E-state index contributed by atoms with van der Waals surface area (Å²) < 4.78 is 5.01. The minimum absolute atomic E-state index is 0.271. The van der Waals surface area contributed by atoms with Gasteiger partial charge in [-0.2, -0.15) is 0 Å². The van der Waals surface area contributed by atoms with Crippen molar-refractivity contribution in [3.8, 4) is 5.75 Å². The molecule has 18 heavy (non-hydrogen) atoms. The maximum absolute atomic E-state index is 11.9. The van der Waals surface area contributed by atoms with Gasteiger partial charge >= 0.3 is 0 Å². The lowest BCUT2D eigenvalue weighted by atomic mass is 10.2. The van der Waals surface area contributed by atoms with Crippen molar-refractivity contribution in [1.82, 2.24) is 9.97 Å². The zero-order valence-electron chi connectivity index (χ0n) is 9.55. The molecule has 0 bridgehead atoms. The number of methoxy groups -OCH3 is 1. The fraction of sp³-hybridized carbons (Fsp3) is 0.0833. The van der Waals surface area contributed by atoms with Crippen LogP contribution in [0.4, 0.5) is 5.82 Å². The van der Waals surface area contributed by atoms with Crippen LogP contribution in [0.15, 0.2) is 36.7 Å². The van der Waals surface area contributed by atoms with Crippen LogP contribution in [0.1, 0.15) is 10.4 Å². The van der Waals surface area contributed by atoms with Crippen molar-refractivity contribution in [3.05, 3.63) is 47.4 Å². The number of ether oxygens (including phenoxy) is 1. The van der Waals surface area contributed by atoms with E-state index >= 15 is 0 Å². The molecule has 1 heterocycles. The van der Waals surface area contributed by atoms with Crippen LogP contribution in [0.3, 0.4) is 0 Å². The van der Waals surface area contributed by atoms with Gasteiger partial charge in [-0.25, -0.2) is 9.97 Å². The second-order valence-corrected chi connectivity index (χ2v) is 3.80. The maximum atomic E-state index is 11.9. The first-order valence-electron chi connectivity index (χ1n) is 5.12. The van der Waals surface area contributed by atoms with Crippen molar-refractivity contribution >= 4 is 23.3 Å². The van der Waals surface area contributed by atoms with E-state index in [2.05, 4.69) is 15.3 Å². The molecule has 2 rings (SSSR count). The third-order valence-electron chi connectivity index (χ3n) is 2.23. The number of benzene rings is 1. The first-order chi connectivity index (χ1) is 8.69. The molecule has 1 aromatic heterocycles. The second-order valence-electron chi connectivity index (χ2n) is 3.41. The van der Waals surface area contributed by atoms with E-state index in [0.717, 1.165) is 0 Å². The fourth-order valence-electron chi connectivity index (χ4n) is 1.33. The standard InChI is InChI=1S/C12H10ClN3O2/c1-18-9-4-2-8(3-5-9)12(17)16-11-6-10(13)14-7-15-11/h2-7H,1H3,(H,14,15,16,17). The summed E-state index contributed by atoms with van der Waals surface area (Å²) in [4.78, 5) is 19.5. The molecule has 0 fully saturated rings. The monoisotopic (exact) mass is 263 g/mol. The lowest BCUT2D eigenvalue weighted by Gasteiger charge is -2.05. The molecule has 0 aliphatic heterocycles. The highest BCUT2D eigenvalue weighted by molar-refractivity contribution is 6.29. The van der Waals surface area contributed by atoms with Gasteiger partial charge in [0.2, 0.25) is 0 Å². The predicted octanol–water partition coefficient (Wildman–Crippen LogP) is 2.39. The van der Waals surface area contributed by atoms with Gasteiger partial charge in [0.25, 0.3) is 5.91 Å². The highest BCUT2D eigenvalue weighted by atomic mass is 35.5. The van der Waals surface area contributed by atoms with Crippen LogP contribution >= 0.6 is 11.6 Å². The Kier molecular flexibility index (Phi) is 3.74. The summed E-state index contributed by atoms with van der Waals surface area (Å²) in [7, 11) is 1.57. The van der Waals surface area contributed by atoms with Gasteiger partial charge in [0, 0.05) is 11.6 Å². The lowest BCUT2D eigenvalue weighted by molar-refractivity contribution is 0.102. The molecule has 0 unspecified atom stereocenters. The number of hydrogen-bond acceptors (Lipinski definition) is 4. The molecule has 1 amide bonds. The third kappa shape index (κ3) is 2.95. The van der Waals surface area contributed by atoms with Crippen molar-refractivity contribution in [2.75, 3.05) is 12.4 Å². The summed E-state index contributed by atoms with van der Waals surface area (Å²) in [6, 6.07) is 8.22. The summed E-state index contributed by atoms with van der Waals surface area (Å²) >= 11 is 5.69. The summed E-state index contributed by atoms with van der Waals surface area (Å²) in [5.74, 6) is 0.778. The summed E-state index contributed by atoms with van der Waals surface area (Å²) in [6.07, 6.45) is 1.28. The molecule has 0 radical (unpaired) electrons. The number of carbonyl (C=O) groups excluding carboxylic acids is 1. The van der Waals surface area contributed by atoms with Crippen molar-refractivity contribution in [2.24, 2.45) is 0 Å². The third-order valence-corrected chi connectivity index (χ3v) is 2.43. The summed E-state index contributed by atoms with van der Waals surface area (Å²) in [5.41, 5.74) is 0.505. The topological polar surface area (TPSA) is 64.1 Å². The van der Waals surface area contributed by atoms with Crippen LogP contribution in [0, 0.1) is 0 Å². The van der Waals surface area contributed by atoms with Gasteiger partial charge in [-0.15, -0.1) is 0 Å². The molecule has 92 valence electrons. The first kappa shape index (κ1) is 12.3. The van der Waals surface area contributed by atoms with Crippen molar-refractivity contribution < 1.29 is 9.53 Å². The highest BCUT2D eigenvalue weighted by Crippen LogP contribution is 2.13. The molecule has 0 saturated heterocycles. The predicted molar refractivity (Wildman–Crippen MR) is 68.0 cm³/mol. The molecule has 0 aliphatic carbocycles. The highest BCUT2D eigenvalue weighted by Gasteiger charge is 2.07. The molecular weight excluding hydrogens is 254 g/mol. The van der Waals surface area contributed by atoms with Crippen molar-refractivity contribution in [2.45, 2.75) is 0 Å². The zero-order valence-corrected chi connectivity index (χ0v) is 10.3. The van der Waals surface area contributed by atoms with E-state index < -0.39 is 0 Å². The van der Waals surface area contributed by atoms with Gasteiger partial charge in [-0.05, 0) is 24.3 Å². The van der Waals surface area contributed by atoms with E-state index in [9.17, 15) is 4.79 Å². The molecular formula is C12H10ClN3O2. The molecule has 0 saturated carbocycles. The van der Waals surface area contributed by atoms with E-state index in [1.807, 2.05) is 0 Å². The van der Waals surface area contributed by atoms with E-state index in [4.69, 9.17) is 16.3 Å². The number of amides is 1. The SMILES string of the molecule is COc1ccc(C(=O)Nc2cc(Cl)ncn2)cc1. The van der Waals surface area contributed by atoms with E-state index in [1.54, 1.807) is 31.4 Å². The molecule has 1 N–H and O–H groups in total. The van der Waals surface area contributed by atoms with Gasteiger partial charge in [-0.3, -0.25) is 4.79 Å². The Morgan fingerprint density at radius 3 is 2.61 bits per heavy atom. The minimum atomic E-state index is -0.271. The molecule has 0 aliphatic rings. The lowest BCUT2D eigenvalue weighted by Crippen LogP contribution is -2.12. The maximum Gasteiger partial charge on any atom is 0.256 e. The van der Waals surface area contributed by atoms with Gasteiger partial charge in [0.05, 0.1) is 7.11 Å². The van der Waals surface area contributed by atoms with Gasteiger partial charge in [-0.1, -0.05) is 11.6 Å². The summed E-state index contributed by atoms with van der Waals surface area (Å²) in [6.45, 7) is 0. The number of carbonyl (C=O) groups is 1. The first-order valence-corrected chi connectivity index (χ1v) is 5.50. The van der Waals surface area contributed by atoms with Crippen molar-refractivity contribution in [1.29, 1.82) is 0 Å². The van der Waals surface area contributed by atoms with Gasteiger partial charge in [0.15, 0.2) is 0 Å². The molecule has 5 nitrogen and oxygen atoms in total. The van der Waals surface area contributed by atoms with Crippen LogP contribution in [0.5, 0.6) is 5.75 Å². The molecule has 0 atom stereocenters. The Morgan fingerprint density at radius 1 is 1.28 bits per heavy atom. The normalized spacial score (nSPS) is 9.89. The second kappa shape index (κ2) is 5.46. The smallest absolute Gasteiger partial charge is 0.256 e. The van der Waals surface area contributed by atoms with E-state index in [0.29, 0.717) is 17.1 Å². The largest absolute Gasteiger partial charge is 0.497 e. The number of halogens is 1. The number of nitrogens with zero attached hydrogens (tertiary/aromatic N) is 2. The zero-order chi connectivity index (χ0) is 13.0. The Morgan fingerprint density at radius 2 is 2.00 bits per heavy atom. The van der Waals surface area contributed by atoms with Crippen molar-refractivity contribution in [3.63, 3.8) is 0 Å². The van der Waals surface area contributed by atoms with Crippen LogP contribution in [0.2, 0.25) is 5.15 Å². The van der Waals surface area contributed by atoms with E-state index in [1.165, 1.54) is 12.4 Å². The number of hydrogen-bond donors (Lipinski definition) is 1. The molecule has 0 spiro atoms. The minimum Gasteiger partial charge on any atom is -0.497 e. The Bertz CT molecular complexity index is 558. The average Bonchev–Trinajstić information content (AvgIpc) is 2.39. The number of rotatable bonds is 3. The quantitative estimate of drug-likeness (QED) is 0.864. The van der Waals surface area contributed by atoms with Crippen LogP contribution in [0.25, 0.3) is 0 Å². The molecule has 1 aromatic carbocycles. The molecule has 2 aromatic rings. The number of aromatic nitrogens is 2. The Hall–Kier alpha value is -2.14. The Balaban J connectivity index is 2.11. The molecule has 6 heteroatoms. The van der Waals surface area contributed by atoms with Crippen LogP contribution < -0.4 is 10.1 Å². The average molecular weight is 264 g/mol. The number of anilines is 1. The van der Waals surface area contributed by atoms with Gasteiger partial charge in [0.1, 0.15) is 23.0 Å². The Labute approximate surface area is 109 Å². The summed E-state index contributed by atoms with van der Waals surface area (Å²) in [5, 5.41) is 2.89. The fourth-order valence-corrected chi connectivity index (χ4v) is 1.48.